The number of β-lactam (4-membered cyclic amide) rings is 1. The van der Waals surface area contributed by atoms with Gasteiger partial charge in [0.15, 0.2) is 0 Å². The van der Waals surface area contributed by atoms with Crippen LogP contribution in [0.5, 0.6) is 5.75 Å². The summed E-state index contributed by atoms with van der Waals surface area (Å²) >= 11 is 1.48. The molecule has 2 atom stereocenters. The number of esters is 1. The van der Waals surface area contributed by atoms with Gasteiger partial charge in [0, 0.05) is 25.5 Å². The van der Waals surface area contributed by atoms with Gasteiger partial charge in [-0.1, -0.05) is 12.1 Å². The largest absolute Gasteiger partial charge is 0.497 e. The Balaban J connectivity index is 1.81. The van der Waals surface area contributed by atoms with Crippen LogP contribution in [-0.2, 0) is 25.7 Å². The molecule has 2 aliphatic rings. The smallest absolute Gasteiger partial charge is 0.408 e. The first-order valence-electron chi connectivity index (χ1n) is 11.2. The van der Waals surface area contributed by atoms with E-state index in [9.17, 15) is 14.4 Å². The van der Waals surface area contributed by atoms with Crippen molar-refractivity contribution in [3.05, 3.63) is 52.9 Å². The van der Waals surface area contributed by atoms with Crippen molar-refractivity contribution < 1.29 is 28.6 Å². The fraction of sp³-hybridized carbons (Fsp3) is 0.480. The Hall–Kier alpha value is -3.14. The lowest BCUT2D eigenvalue weighted by Crippen LogP contribution is -2.70. The maximum Gasteiger partial charge on any atom is 0.408 e. The highest BCUT2D eigenvalue weighted by Gasteiger charge is 2.54. The zero-order valence-corrected chi connectivity index (χ0v) is 22.0. The summed E-state index contributed by atoms with van der Waals surface area (Å²) in [6.07, 6.45) is 1.22. The van der Waals surface area contributed by atoms with Gasteiger partial charge in [-0.15, -0.1) is 11.8 Å². The quantitative estimate of drug-likeness (QED) is 0.447. The van der Waals surface area contributed by atoms with Gasteiger partial charge in [-0.25, -0.2) is 9.59 Å². The normalized spacial score (nSPS) is 20.0. The van der Waals surface area contributed by atoms with Crippen LogP contribution in [-0.4, -0.2) is 71.7 Å². The summed E-state index contributed by atoms with van der Waals surface area (Å²) in [6.45, 7) is 7.23. The average molecular weight is 504 g/mol. The zero-order chi connectivity index (χ0) is 25.9. The maximum absolute atomic E-state index is 13.2. The Labute approximate surface area is 210 Å². The first kappa shape index (κ1) is 26.5. The topological polar surface area (TPSA) is 97.4 Å². The third-order valence-electron chi connectivity index (χ3n) is 5.48. The van der Waals surface area contributed by atoms with Gasteiger partial charge < -0.3 is 24.4 Å². The van der Waals surface area contributed by atoms with E-state index in [4.69, 9.17) is 14.2 Å². The second-order valence-corrected chi connectivity index (χ2v) is 10.6. The molecule has 3 rings (SSSR count). The van der Waals surface area contributed by atoms with E-state index in [1.807, 2.05) is 44.1 Å². The first-order valence-corrected chi connectivity index (χ1v) is 12.3. The van der Waals surface area contributed by atoms with E-state index in [1.165, 1.54) is 16.7 Å². The molecule has 9 nitrogen and oxygen atoms in total. The predicted octanol–water partition coefficient (Wildman–Crippen LogP) is 3.27. The van der Waals surface area contributed by atoms with Crippen molar-refractivity contribution >= 4 is 29.7 Å². The number of nitrogens with zero attached hydrogens (tertiary/aromatic N) is 2. The van der Waals surface area contributed by atoms with Crippen molar-refractivity contribution in [1.82, 2.24) is 15.1 Å². The molecule has 1 aromatic rings. The molecule has 1 aromatic carbocycles. The number of carbonyl (C=O) groups excluding carboxylic acids is 3. The van der Waals surface area contributed by atoms with E-state index in [0.29, 0.717) is 17.1 Å². The molecule has 0 spiro atoms. The minimum atomic E-state index is -0.778. The third-order valence-corrected chi connectivity index (χ3v) is 6.78. The molecule has 10 heteroatoms. The number of nitrogens with one attached hydrogen (secondary N) is 1. The van der Waals surface area contributed by atoms with Crippen LogP contribution >= 0.6 is 11.8 Å². The van der Waals surface area contributed by atoms with Gasteiger partial charge in [-0.2, -0.15) is 0 Å². The fourth-order valence-electron chi connectivity index (χ4n) is 3.50. The summed E-state index contributed by atoms with van der Waals surface area (Å²) in [6, 6.07) is 6.42. The molecule has 0 aliphatic carbocycles. The number of benzene rings is 1. The van der Waals surface area contributed by atoms with Crippen LogP contribution in [0.3, 0.4) is 0 Å². The summed E-state index contributed by atoms with van der Waals surface area (Å²) < 4.78 is 16.1. The van der Waals surface area contributed by atoms with Crippen LogP contribution in [0.2, 0.25) is 0 Å². The highest BCUT2D eigenvalue weighted by atomic mass is 32.2. The second kappa shape index (κ2) is 10.6. The molecule has 0 saturated carbocycles. The summed E-state index contributed by atoms with van der Waals surface area (Å²) in [5.74, 6) is 0.223. The fourth-order valence-corrected chi connectivity index (χ4v) is 4.80. The van der Waals surface area contributed by atoms with E-state index in [2.05, 4.69) is 5.32 Å². The highest BCUT2D eigenvalue weighted by Crippen LogP contribution is 2.41. The summed E-state index contributed by atoms with van der Waals surface area (Å²) in [4.78, 5) is 41.9. The summed E-state index contributed by atoms with van der Waals surface area (Å²) in [7, 11) is 5.39. The number of amides is 2. The molecule has 190 valence electrons. The van der Waals surface area contributed by atoms with Crippen LogP contribution in [0.4, 0.5) is 4.79 Å². The van der Waals surface area contributed by atoms with Gasteiger partial charge >= 0.3 is 12.1 Å². The molecule has 1 fully saturated rings. The van der Waals surface area contributed by atoms with Crippen molar-refractivity contribution in [2.24, 2.45) is 0 Å². The van der Waals surface area contributed by atoms with Crippen molar-refractivity contribution in [3.8, 4) is 5.75 Å². The first-order chi connectivity index (χ1) is 16.4. The Morgan fingerprint density at radius 1 is 1.23 bits per heavy atom. The summed E-state index contributed by atoms with van der Waals surface area (Å²) in [5.41, 5.74) is 1.93. The number of fused-ring (bicyclic) bond motifs is 1. The molecule has 2 unspecified atom stereocenters. The van der Waals surface area contributed by atoms with Crippen molar-refractivity contribution in [3.63, 3.8) is 0 Å². The van der Waals surface area contributed by atoms with Gasteiger partial charge in [-0.3, -0.25) is 9.69 Å². The molecule has 1 N–H and O–H groups in total. The Kier molecular flexibility index (Phi) is 8.04. The van der Waals surface area contributed by atoms with Crippen molar-refractivity contribution in [2.75, 3.05) is 27.0 Å². The van der Waals surface area contributed by atoms with Crippen LogP contribution in [0, 0.1) is 0 Å². The summed E-state index contributed by atoms with van der Waals surface area (Å²) in [5, 5.41) is 2.22. The van der Waals surface area contributed by atoms with Gasteiger partial charge in [0.05, 0.1) is 7.11 Å². The third kappa shape index (κ3) is 6.30. The number of allylic oxidation sites excluding steroid dienone is 2. The Morgan fingerprint density at radius 2 is 1.89 bits per heavy atom. The van der Waals surface area contributed by atoms with E-state index in [1.54, 1.807) is 40.0 Å². The molecule has 2 amide bonds. The number of carbonyl (C=O) groups is 3. The van der Waals surface area contributed by atoms with Crippen LogP contribution < -0.4 is 10.1 Å². The Morgan fingerprint density at radius 3 is 2.46 bits per heavy atom. The zero-order valence-electron chi connectivity index (χ0n) is 21.2. The number of ether oxygens (including phenoxy) is 3. The SMILES string of the molecule is COc1ccc(COC(=O)C2=C(C=C(C)N(C)C)CSC3C(NC(=O)OC(C)(C)C)C(=O)N23)cc1. The minimum absolute atomic E-state index is 0.0510. The van der Waals surface area contributed by atoms with E-state index in [-0.39, 0.29) is 18.2 Å². The molecular formula is C25H33N3O6S. The molecule has 35 heavy (non-hydrogen) atoms. The number of methoxy groups -OCH3 is 1. The van der Waals surface area contributed by atoms with E-state index < -0.39 is 29.1 Å². The van der Waals surface area contributed by atoms with Crippen LogP contribution in [0.1, 0.15) is 33.3 Å². The van der Waals surface area contributed by atoms with Gasteiger partial charge in [0.2, 0.25) is 0 Å². The van der Waals surface area contributed by atoms with Crippen LogP contribution in [0.25, 0.3) is 0 Å². The Bertz CT molecular complexity index is 1040. The number of hydrogen-bond donors (Lipinski definition) is 1. The molecule has 1 saturated heterocycles. The van der Waals surface area contributed by atoms with Gasteiger partial charge in [0.1, 0.15) is 35.1 Å². The highest BCUT2D eigenvalue weighted by molar-refractivity contribution is 8.00. The minimum Gasteiger partial charge on any atom is -0.497 e. The predicted molar refractivity (Wildman–Crippen MR) is 134 cm³/mol. The lowest BCUT2D eigenvalue weighted by atomic mass is 10.0. The van der Waals surface area contributed by atoms with Crippen molar-refractivity contribution in [2.45, 2.75) is 51.3 Å². The number of rotatable bonds is 7. The van der Waals surface area contributed by atoms with Crippen molar-refractivity contribution in [1.29, 1.82) is 0 Å². The average Bonchev–Trinajstić information content (AvgIpc) is 2.79. The molecular weight excluding hydrogens is 470 g/mol. The van der Waals surface area contributed by atoms with Crippen LogP contribution in [0.15, 0.2) is 47.3 Å². The number of hydrogen-bond acceptors (Lipinski definition) is 8. The number of alkyl carbamates (subject to hydrolysis) is 1. The molecule has 0 aromatic heterocycles. The van der Waals surface area contributed by atoms with Gasteiger partial charge in [-0.05, 0) is 57.0 Å². The standard InChI is InChI=1S/C25H33N3O6S/c1-15(27(5)6)12-17-14-35-22-19(26-24(31)34-25(2,3)4)21(29)28(22)20(17)23(30)33-13-16-8-10-18(32-7)11-9-16/h8-12,19,22H,13-14H2,1-7H3,(H,26,31). The number of thioether (sulfide) groups is 1. The lowest BCUT2D eigenvalue weighted by molar-refractivity contribution is -0.152. The molecule has 0 radical (unpaired) electrons. The van der Waals surface area contributed by atoms with E-state index in [0.717, 1.165) is 11.3 Å². The second-order valence-electron chi connectivity index (χ2n) is 9.51. The molecule has 2 heterocycles. The lowest BCUT2D eigenvalue weighted by Gasteiger charge is -2.49. The molecule has 0 bridgehead atoms. The molecule has 2 aliphatic heterocycles. The monoisotopic (exact) mass is 503 g/mol. The van der Waals surface area contributed by atoms with E-state index >= 15 is 0 Å². The maximum atomic E-state index is 13.2. The van der Waals surface area contributed by atoms with Gasteiger partial charge in [0.25, 0.3) is 5.91 Å².